The number of carbonyl (C=O) groups excluding carboxylic acids is 5. The van der Waals surface area contributed by atoms with Crippen LogP contribution in [0.1, 0.15) is 57.8 Å². The molecule has 0 heterocycles. The molecule has 4 N–H and O–H groups in total. The second-order valence-electron chi connectivity index (χ2n) is 7.55. The first-order valence-corrected chi connectivity index (χ1v) is 13.0. The minimum absolute atomic E-state index is 0.0159. The zero-order valence-corrected chi connectivity index (χ0v) is 23.6. The maximum Gasteiger partial charge on any atom is 0.340 e. The van der Waals surface area contributed by atoms with Gasteiger partial charge < -0.3 is 34.7 Å². The molecule has 0 aliphatic heterocycles. The highest BCUT2D eigenvalue weighted by Gasteiger charge is 2.26. The average molecular weight is 554 g/mol. The van der Waals surface area contributed by atoms with E-state index in [9.17, 15) is 24.0 Å². The predicted octanol–water partition coefficient (Wildman–Crippen LogP) is 0.639. The lowest BCUT2D eigenvalue weighted by atomic mass is 10.1. The fourth-order valence-corrected chi connectivity index (χ4v) is 3.47. The Bertz CT molecular complexity index is 678. The molecular formula is C19H38BN4O8P3. The Hall–Kier alpha value is -1.54. The molecule has 0 saturated carbocycles. The molecule has 0 bridgehead atoms. The minimum Gasteiger partial charge on any atom is -0.539 e. The van der Waals surface area contributed by atoms with Crippen molar-refractivity contribution in [2.24, 2.45) is 0 Å². The van der Waals surface area contributed by atoms with Crippen LogP contribution in [0.15, 0.2) is 0 Å². The Labute approximate surface area is 214 Å². The number of nitrogens with one attached hydrogen (secondary N) is 4. The summed E-state index contributed by atoms with van der Waals surface area (Å²) in [6.45, 7) is 2.97. The summed E-state index contributed by atoms with van der Waals surface area (Å²) < 4.78 is 14.1. The van der Waals surface area contributed by atoms with Crippen molar-refractivity contribution in [2.45, 2.75) is 76.7 Å². The van der Waals surface area contributed by atoms with Crippen molar-refractivity contribution < 1.29 is 37.7 Å². The Morgan fingerprint density at radius 3 is 2.06 bits per heavy atom. The van der Waals surface area contributed by atoms with Crippen LogP contribution in [0.4, 0.5) is 4.79 Å². The monoisotopic (exact) mass is 554 g/mol. The molecule has 0 radical (unpaired) electrons. The molecule has 0 aliphatic carbocycles. The van der Waals surface area contributed by atoms with Gasteiger partial charge in [0.25, 0.3) is 0 Å². The molecule has 0 aromatic carbocycles. The van der Waals surface area contributed by atoms with Gasteiger partial charge >= 0.3 is 31.4 Å². The summed E-state index contributed by atoms with van der Waals surface area (Å²) in [4.78, 5) is 59.8. The number of hydrogen-bond acceptors (Lipinski definition) is 9. The normalized spacial score (nSPS) is 12.0. The van der Waals surface area contributed by atoms with Gasteiger partial charge in [0.15, 0.2) is 0 Å². The number of urea groups is 1. The molecule has 0 fully saturated rings. The highest BCUT2D eigenvalue weighted by molar-refractivity contribution is 7.13. The molecule has 12 nitrogen and oxygen atoms in total. The van der Waals surface area contributed by atoms with Crippen molar-refractivity contribution in [1.82, 2.24) is 21.0 Å². The van der Waals surface area contributed by atoms with Crippen molar-refractivity contribution in [3.05, 3.63) is 0 Å². The first kappa shape index (κ1) is 33.5. The topological polar surface area (TPSA) is 161 Å². The zero-order valence-electron chi connectivity index (χ0n) is 20.1. The van der Waals surface area contributed by atoms with Crippen LogP contribution in [-0.2, 0) is 32.9 Å². The van der Waals surface area contributed by atoms with Gasteiger partial charge in [-0.1, -0.05) is 22.6 Å². The summed E-state index contributed by atoms with van der Waals surface area (Å²) in [5.74, 6) is -1.97. The van der Waals surface area contributed by atoms with Crippen LogP contribution >= 0.6 is 28.3 Å². The molecule has 0 spiro atoms. The SMILES string of the molecule is CBOC(=O)C(CCC(=O)OP)NC(=O)NC(CCCCNC(=O)CCCCCNP)C(=O)OP. The molecule has 5 unspecified atom stereocenters. The van der Waals surface area contributed by atoms with Crippen LogP contribution in [0, 0.1) is 0 Å². The lowest BCUT2D eigenvalue weighted by Gasteiger charge is -2.21. The average Bonchev–Trinajstić information content (AvgIpc) is 2.84. The smallest absolute Gasteiger partial charge is 0.340 e. The summed E-state index contributed by atoms with van der Waals surface area (Å²) >= 11 is 0. The summed E-state index contributed by atoms with van der Waals surface area (Å²) in [7, 11) is 6.19. The van der Waals surface area contributed by atoms with Gasteiger partial charge in [-0.2, -0.15) is 0 Å². The number of unbranched alkanes of at least 4 members (excludes halogenated alkanes) is 3. The molecule has 0 aromatic rings. The van der Waals surface area contributed by atoms with Gasteiger partial charge in [0.05, 0.1) is 18.9 Å². The molecule has 16 heteroatoms. The zero-order chi connectivity index (χ0) is 26.5. The van der Waals surface area contributed by atoms with Crippen molar-refractivity contribution >= 4 is 65.7 Å². The second-order valence-corrected chi connectivity index (χ2v) is 8.43. The Morgan fingerprint density at radius 1 is 0.800 bits per heavy atom. The molecule has 3 amide bonds. The van der Waals surface area contributed by atoms with Crippen LogP contribution in [0.2, 0.25) is 6.82 Å². The third kappa shape index (κ3) is 17.5. The number of carbonyl (C=O) groups is 5. The van der Waals surface area contributed by atoms with Crippen LogP contribution < -0.4 is 21.0 Å². The summed E-state index contributed by atoms with van der Waals surface area (Å²) in [6.07, 6.45) is 4.53. The second kappa shape index (κ2) is 21.7. The molecular weight excluding hydrogens is 516 g/mol. The molecule has 0 rings (SSSR count). The third-order valence-electron chi connectivity index (χ3n) is 4.82. The van der Waals surface area contributed by atoms with Gasteiger partial charge in [0.2, 0.25) is 5.91 Å². The third-order valence-corrected chi connectivity index (χ3v) is 5.60. The lowest BCUT2D eigenvalue weighted by molar-refractivity contribution is -0.137. The van der Waals surface area contributed by atoms with Crippen LogP contribution in [0.25, 0.3) is 0 Å². The quantitative estimate of drug-likeness (QED) is 0.102. The number of hydrogen-bond donors (Lipinski definition) is 4. The van der Waals surface area contributed by atoms with Crippen molar-refractivity contribution in [2.75, 3.05) is 13.1 Å². The Balaban J connectivity index is 4.54. The molecule has 35 heavy (non-hydrogen) atoms. The summed E-state index contributed by atoms with van der Waals surface area (Å²) in [5, 5.41) is 10.7. The summed E-state index contributed by atoms with van der Waals surface area (Å²) in [6, 6.07) is -2.85. The van der Waals surface area contributed by atoms with Crippen molar-refractivity contribution in [1.29, 1.82) is 0 Å². The van der Waals surface area contributed by atoms with E-state index in [1.54, 1.807) is 6.82 Å². The summed E-state index contributed by atoms with van der Waals surface area (Å²) in [5.41, 5.74) is 0. The molecule has 5 atom stereocenters. The van der Waals surface area contributed by atoms with Gasteiger partial charge in [0, 0.05) is 19.4 Å². The van der Waals surface area contributed by atoms with E-state index in [2.05, 4.69) is 39.5 Å². The highest BCUT2D eigenvalue weighted by Crippen LogP contribution is 2.07. The van der Waals surface area contributed by atoms with Crippen molar-refractivity contribution in [3.8, 4) is 0 Å². The fourth-order valence-electron chi connectivity index (χ4n) is 2.98. The van der Waals surface area contributed by atoms with E-state index in [0.717, 1.165) is 25.8 Å². The van der Waals surface area contributed by atoms with E-state index < -0.39 is 36.0 Å². The standard InChI is InChI=1S/C19H38BN4O8P3/c1-20-30-17(27)14(9-10-16(26)31-34)24-19(29)23-13(18(28)32-35)7-4-6-11-21-15(25)8-3-2-5-12-22-33/h13-14,20,22H,2-12,33-35H2,1H3,(H,21,25)(H2,23,24,29). The molecule has 0 saturated heterocycles. The number of rotatable bonds is 19. The van der Waals surface area contributed by atoms with E-state index >= 15 is 0 Å². The molecule has 0 aromatic heterocycles. The maximum absolute atomic E-state index is 12.4. The Morgan fingerprint density at radius 2 is 1.46 bits per heavy atom. The van der Waals surface area contributed by atoms with Gasteiger partial charge in [-0.3, -0.25) is 14.4 Å². The molecule has 200 valence electrons. The van der Waals surface area contributed by atoms with Crippen LogP contribution in [-0.4, -0.2) is 62.5 Å². The Kier molecular flexibility index (Phi) is 20.8. The maximum atomic E-state index is 12.4. The number of amides is 3. The van der Waals surface area contributed by atoms with Crippen molar-refractivity contribution in [3.63, 3.8) is 0 Å². The van der Waals surface area contributed by atoms with Gasteiger partial charge in [-0.05, 0) is 45.1 Å². The van der Waals surface area contributed by atoms with E-state index in [1.807, 2.05) is 18.9 Å². The van der Waals surface area contributed by atoms with Crippen LogP contribution in [0.5, 0.6) is 0 Å². The lowest BCUT2D eigenvalue weighted by Crippen LogP contribution is -2.51. The predicted molar refractivity (Wildman–Crippen MR) is 142 cm³/mol. The van der Waals surface area contributed by atoms with Gasteiger partial charge in [-0.25, -0.2) is 9.59 Å². The van der Waals surface area contributed by atoms with E-state index in [0.29, 0.717) is 25.8 Å². The first-order chi connectivity index (χ1) is 16.8. The minimum atomic E-state index is -1.10. The van der Waals surface area contributed by atoms with Gasteiger partial charge in [-0.15, -0.1) is 0 Å². The largest absolute Gasteiger partial charge is 0.539 e. The molecule has 0 aliphatic rings. The van der Waals surface area contributed by atoms with E-state index in [4.69, 9.17) is 4.65 Å². The van der Waals surface area contributed by atoms with E-state index in [-0.39, 0.29) is 32.7 Å². The highest BCUT2D eigenvalue weighted by atomic mass is 31.0. The van der Waals surface area contributed by atoms with Gasteiger partial charge in [0.1, 0.15) is 12.1 Å². The first-order valence-electron chi connectivity index (χ1n) is 11.5. The fraction of sp³-hybridized carbons (Fsp3) is 0.737. The van der Waals surface area contributed by atoms with Crippen LogP contribution in [0.3, 0.4) is 0 Å². The van der Waals surface area contributed by atoms with E-state index in [1.165, 1.54) is 0 Å².